The van der Waals surface area contributed by atoms with Gasteiger partial charge in [0.15, 0.2) is 17.3 Å². The maximum absolute atomic E-state index is 12.4. The van der Waals surface area contributed by atoms with Crippen molar-refractivity contribution >= 4 is 11.9 Å². The SMILES string of the molecule is O=C1/C(=C\c2ccccc2OC(F)F)Oc2c1ccc(O)c2O. The highest BCUT2D eigenvalue weighted by atomic mass is 19.3. The first-order valence-electron chi connectivity index (χ1n) is 6.50. The van der Waals surface area contributed by atoms with Gasteiger partial charge >= 0.3 is 6.61 Å². The van der Waals surface area contributed by atoms with E-state index in [-0.39, 0.29) is 28.4 Å². The maximum atomic E-state index is 12.4. The molecular weight excluding hydrogens is 310 g/mol. The van der Waals surface area contributed by atoms with Gasteiger partial charge in [0.1, 0.15) is 5.75 Å². The Balaban J connectivity index is 2.00. The number of carbonyl (C=O) groups excluding carboxylic acids is 1. The highest BCUT2D eigenvalue weighted by Crippen LogP contribution is 2.44. The molecule has 3 rings (SSSR count). The Morgan fingerprint density at radius 2 is 1.87 bits per heavy atom. The summed E-state index contributed by atoms with van der Waals surface area (Å²) < 4.78 is 34.4. The number of para-hydroxylation sites is 1. The van der Waals surface area contributed by atoms with Gasteiger partial charge in [-0.05, 0) is 24.3 Å². The van der Waals surface area contributed by atoms with Crippen LogP contribution in [0.4, 0.5) is 8.78 Å². The average molecular weight is 320 g/mol. The molecule has 118 valence electrons. The van der Waals surface area contributed by atoms with Gasteiger partial charge in [-0.2, -0.15) is 8.78 Å². The fraction of sp³-hybridized carbons (Fsp3) is 0.0625. The van der Waals surface area contributed by atoms with Gasteiger partial charge in [0.2, 0.25) is 11.5 Å². The number of ether oxygens (including phenoxy) is 2. The molecule has 0 aliphatic carbocycles. The number of carbonyl (C=O) groups is 1. The van der Waals surface area contributed by atoms with Crippen molar-refractivity contribution in [2.24, 2.45) is 0 Å². The van der Waals surface area contributed by atoms with Crippen molar-refractivity contribution in [1.82, 2.24) is 0 Å². The number of hydrogen-bond donors (Lipinski definition) is 2. The van der Waals surface area contributed by atoms with Crippen LogP contribution in [-0.4, -0.2) is 22.6 Å². The van der Waals surface area contributed by atoms with E-state index in [9.17, 15) is 23.8 Å². The molecule has 2 aromatic rings. The molecule has 0 spiro atoms. The smallest absolute Gasteiger partial charge is 0.387 e. The second-order valence-electron chi connectivity index (χ2n) is 4.67. The van der Waals surface area contributed by atoms with Crippen molar-refractivity contribution in [3.63, 3.8) is 0 Å². The Morgan fingerprint density at radius 1 is 1.13 bits per heavy atom. The van der Waals surface area contributed by atoms with Crippen LogP contribution in [0.25, 0.3) is 6.08 Å². The molecule has 0 atom stereocenters. The topological polar surface area (TPSA) is 76.0 Å². The van der Waals surface area contributed by atoms with Gasteiger partial charge in [-0.3, -0.25) is 4.79 Å². The van der Waals surface area contributed by atoms with Crippen LogP contribution in [0.15, 0.2) is 42.2 Å². The van der Waals surface area contributed by atoms with E-state index in [0.717, 1.165) is 6.07 Å². The largest absolute Gasteiger partial charge is 0.504 e. The van der Waals surface area contributed by atoms with E-state index >= 15 is 0 Å². The van der Waals surface area contributed by atoms with E-state index in [1.165, 1.54) is 30.3 Å². The van der Waals surface area contributed by atoms with Crippen LogP contribution in [0.3, 0.4) is 0 Å². The zero-order chi connectivity index (χ0) is 16.6. The van der Waals surface area contributed by atoms with E-state index < -0.39 is 23.9 Å². The third-order valence-corrected chi connectivity index (χ3v) is 3.21. The number of hydrogen-bond acceptors (Lipinski definition) is 5. The molecule has 2 N–H and O–H groups in total. The first-order valence-corrected chi connectivity index (χ1v) is 6.50. The Labute approximate surface area is 129 Å². The quantitative estimate of drug-likeness (QED) is 0.670. The van der Waals surface area contributed by atoms with Crippen LogP contribution in [0.1, 0.15) is 15.9 Å². The van der Waals surface area contributed by atoms with Crippen molar-refractivity contribution in [3.8, 4) is 23.0 Å². The van der Waals surface area contributed by atoms with Gasteiger partial charge in [-0.15, -0.1) is 0 Å². The van der Waals surface area contributed by atoms with Crippen molar-refractivity contribution in [2.45, 2.75) is 6.61 Å². The Kier molecular flexibility index (Phi) is 3.61. The number of fused-ring (bicyclic) bond motifs is 1. The lowest BCUT2D eigenvalue weighted by Crippen LogP contribution is -2.04. The number of aromatic hydroxyl groups is 2. The Bertz CT molecular complexity index is 814. The summed E-state index contributed by atoms with van der Waals surface area (Å²) in [6, 6.07) is 8.35. The van der Waals surface area contributed by atoms with Crippen LogP contribution in [0.2, 0.25) is 0 Å². The van der Waals surface area contributed by atoms with Gasteiger partial charge in [0, 0.05) is 5.56 Å². The number of allylic oxidation sites excluding steroid dienone is 1. The monoisotopic (exact) mass is 320 g/mol. The highest BCUT2D eigenvalue weighted by Gasteiger charge is 2.31. The number of phenolic OH excluding ortho intramolecular Hbond substituents is 2. The predicted molar refractivity (Wildman–Crippen MR) is 75.8 cm³/mol. The summed E-state index contributed by atoms with van der Waals surface area (Å²) in [5.41, 5.74) is 0.284. The first-order chi connectivity index (χ1) is 11.0. The molecular formula is C16H10F2O5. The predicted octanol–water partition coefficient (Wildman–Crippen LogP) is 3.32. The second-order valence-corrected chi connectivity index (χ2v) is 4.67. The molecule has 1 aliphatic heterocycles. The molecule has 1 heterocycles. The summed E-state index contributed by atoms with van der Waals surface area (Å²) in [4.78, 5) is 12.2. The third kappa shape index (κ3) is 2.68. The molecule has 0 radical (unpaired) electrons. The van der Waals surface area contributed by atoms with E-state index in [2.05, 4.69) is 4.74 Å². The first kappa shape index (κ1) is 14.8. The van der Waals surface area contributed by atoms with Crippen molar-refractivity contribution in [3.05, 3.63) is 53.3 Å². The molecule has 0 unspecified atom stereocenters. The van der Waals surface area contributed by atoms with E-state index in [1.807, 2.05) is 0 Å². The minimum atomic E-state index is -3.01. The van der Waals surface area contributed by atoms with E-state index in [0.29, 0.717) is 0 Å². The van der Waals surface area contributed by atoms with Gasteiger partial charge in [-0.1, -0.05) is 18.2 Å². The van der Waals surface area contributed by atoms with Crippen LogP contribution < -0.4 is 9.47 Å². The standard InChI is InChI=1S/C16H10F2O5/c17-16(18)23-11-4-2-1-3-8(11)7-12-13(20)9-5-6-10(19)14(21)15(9)22-12/h1-7,16,19,21H/b12-7+. The Morgan fingerprint density at radius 3 is 2.61 bits per heavy atom. The molecule has 0 bridgehead atoms. The fourth-order valence-electron chi connectivity index (χ4n) is 2.17. The molecule has 0 saturated heterocycles. The maximum Gasteiger partial charge on any atom is 0.387 e. The van der Waals surface area contributed by atoms with Crippen molar-refractivity contribution in [2.75, 3.05) is 0 Å². The molecule has 0 saturated carbocycles. The lowest BCUT2D eigenvalue weighted by Gasteiger charge is -2.08. The van der Waals surface area contributed by atoms with Crippen LogP contribution >= 0.6 is 0 Å². The lowest BCUT2D eigenvalue weighted by atomic mass is 10.1. The van der Waals surface area contributed by atoms with Gasteiger partial charge in [0.05, 0.1) is 5.56 Å². The highest BCUT2D eigenvalue weighted by molar-refractivity contribution is 6.15. The summed E-state index contributed by atoms with van der Waals surface area (Å²) in [5.74, 6) is -1.99. The number of rotatable bonds is 3. The van der Waals surface area contributed by atoms with Gasteiger partial charge < -0.3 is 19.7 Å². The van der Waals surface area contributed by atoms with Crippen LogP contribution in [-0.2, 0) is 0 Å². The van der Waals surface area contributed by atoms with Gasteiger partial charge in [-0.25, -0.2) is 0 Å². The summed E-state index contributed by atoms with van der Waals surface area (Å²) in [6.45, 7) is -3.01. The number of benzene rings is 2. The summed E-state index contributed by atoms with van der Waals surface area (Å²) in [6.07, 6.45) is 1.23. The number of phenols is 2. The Hall–Kier alpha value is -3.09. The van der Waals surface area contributed by atoms with Crippen molar-refractivity contribution < 1.29 is 33.3 Å². The summed E-state index contributed by atoms with van der Waals surface area (Å²) in [5, 5.41) is 19.1. The fourth-order valence-corrected chi connectivity index (χ4v) is 2.17. The minimum absolute atomic E-state index is 0.0683. The summed E-state index contributed by atoms with van der Waals surface area (Å²) >= 11 is 0. The molecule has 5 nitrogen and oxygen atoms in total. The second kappa shape index (κ2) is 5.60. The molecule has 0 aromatic heterocycles. The molecule has 0 fully saturated rings. The lowest BCUT2D eigenvalue weighted by molar-refractivity contribution is -0.0499. The molecule has 23 heavy (non-hydrogen) atoms. The zero-order valence-corrected chi connectivity index (χ0v) is 11.5. The van der Waals surface area contributed by atoms with E-state index in [1.54, 1.807) is 6.07 Å². The van der Waals surface area contributed by atoms with E-state index in [4.69, 9.17) is 4.74 Å². The number of ketones is 1. The van der Waals surface area contributed by atoms with Crippen LogP contribution in [0.5, 0.6) is 23.0 Å². The molecule has 7 heteroatoms. The molecule has 2 aromatic carbocycles. The third-order valence-electron chi connectivity index (χ3n) is 3.21. The number of halogens is 2. The normalized spacial score (nSPS) is 14.9. The number of alkyl halides is 2. The number of Topliss-reactive ketones (excluding diaryl/α,β-unsaturated/α-hetero) is 1. The zero-order valence-electron chi connectivity index (χ0n) is 11.5. The van der Waals surface area contributed by atoms with Crippen molar-refractivity contribution in [1.29, 1.82) is 0 Å². The molecule has 0 amide bonds. The summed E-state index contributed by atoms with van der Waals surface area (Å²) in [7, 11) is 0. The molecule has 1 aliphatic rings. The minimum Gasteiger partial charge on any atom is -0.504 e. The van der Waals surface area contributed by atoms with Crippen LogP contribution in [0, 0.1) is 0 Å². The van der Waals surface area contributed by atoms with Gasteiger partial charge in [0.25, 0.3) is 0 Å². The average Bonchev–Trinajstić information content (AvgIpc) is 2.82.